The number of nitrogen functional groups attached to an aromatic ring is 1. The zero-order chi connectivity index (χ0) is 13.8. The van der Waals surface area contributed by atoms with Gasteiger partial charge < -0.3 is 16.4 Å². The van der Waals surface area contributed by atoms with Crippen molar-refractivity contribution in [3.63, 3.8) is 0 Å². The normalized spacial score (nSPS) is 17.9. The Morgan fingerprint density at radius 2 is 2.20 bits per heavy atom. The molecular formula is C12H17ClN4O3. The molecule has 8 heteroatoms. The minimum atomic E-state index is -0.566. The topological polar surface area (TPSA) is 110 Å². The molecule has 1 unspecified atom stereocenters. The lowest BCUT2D eigenvalue weighted by Gasteiger charge is -2.22. The van der Waals surface area contributed by atoms with Crippen molar-refractivity contribution >= 4 is 35.4 Å². The summed E-state index contributed by atoms with van der Waals surface area (Å²) in [5.74, 6) is -0.168. The Bertz CT molecular complexity index is 503. The summed E-state index contributed by atoms with van der Waals surface area (Å²) >= 11 is 0. The number of halogens is 1. The highest BCUT2D eigenvalue weighted by molar-refractivity contribution is 5.95. The van der Waals surface area contributed by atoms with Gasteiger partial charge in [-0.15, -0.1) is 12.4 Å². The molecule has 0 aliphatic carbocycles. The molecule has 1 saturated heterocycles. The summed E-state index contributed by atoms with van der Waals surface area (Å²) < 4.78 is 0. The highest BCUT2D eigenvalue weighted by atomic mass is 35.5. The van der Waals surface area contributed by atoms with E-state index in [1.54, 1.807) is 6.07 Å². The third-order valence-electron chi connectivity index (χ3n) is 3.12. The van der Waals surface area contributed by atoms with Crippen molar-refractivity contribution < 1.29 is 9.72 Å². The molecule has 1 aromatic rings. The summed E-state index contributed by atoms with van der Waals surface area (Å²) in [5, 5.41) is 16.6. The van der Waals surface area contributed by atoms with E-state index in [4.69, 9.17) is 5.73 Å². The fourth-order valence-electron chi connectivity index (χ4n) is 2.08. The Balaban J connectivity index is 0.00000200. The quantitative estimate of drug-likeness (QED) is 0.447. The van der Waals surface area contributed by atoms with Crippen LogP contribution in [-0.4, -0.2) is 23.4 Å². The molecule has 0 saturated carbocycles. The van der Waals surface area contributed by atoms with E-state index < -0.39 is 4.92 Å². The van der Waals surface area contributed by atoms with Gasteiger partial charge in [0.2, 0.25) is 5.91 Å². The summed E-state index contributed by atoms with van der Waals surface area (Å²) in [7, 11) is 0. The van der Waals surface area contributed by atoms with Gasteiger partial charge in [0.05, 0.1) is 11.0 Å². The predicted molar refractivity (Wildman–Crippen MR) is 79.0 cm³/mol. The van der Waals surface area contributed by atoms with Crippen molar-refractivity contribution in [2.24, 2.45) is 0 Å². The summed E-state index contributed by atoms with van der Waals surface area (Å²) in [6.45, 7) is 0.819. The summed E-state index contributed by atoms with van der Waals surface area (Å²) in [5.41, 5.74) is 5.77. The second-order valence-corrected chi connectivity index (χ2v) is 4.52. The van der Waals surface area contributed by atoms with E-state index in [0.29, 0.717) is 5.69 Å². The van der Waals surface area contributed by atoms with Crippen LogP contribution in [0, 0.1) is 10.1 Å². The van der Waals surface area contributed by atoms with E-state index in [1.165, 1.54) is 12.1 Å². The Morgan fingerprint density at radius 1 is 1.45 bits per heavy atom. The van der Waals surface area contributed by atoms with Crippen molar-refractivity contribution in [1.29, 1.82) is 0 Å². The van der Waals surface area contributed by atoms with Gasteiger partial charge in [0.25, 0.3) is 5.69 Å². The summed E-state index contributed by atoms with van der Waals surface area (Å²) in [4.78, 5) is 22.2. The molecule has 0 radical (unpaired) electrons. The number of carbonyl (C=O) groups is 1. The van der Waals surface area contributed by atoms with Crippen LogP contribution >= 0.6 is 12.4 Å². The number of benzene rings is 1. The fourth-order valence-corrected chi connectivity index (χ4v) is 2.08. The van der Waals surface area contributed by atoms with E-state index in [2.05, 4.69) is 10.6 Å². The Morgan fingerprint density at radius 3 is 2.80 bits per heavy atom. The van der Waals surface area contributed by atoms with Gasteiger partial charge in [-0.2, -0.15) is 0 Å². The van der Waals surface area contributed by atoms with Crippen molar-refractivity contribution in [3.05, 3.63) is 28.3 Å². The third-order valence-corrected chi connectivity index (χ3v) is 3.12. The number of hydrogen-bond donors (Lipinski definition) is 3. The van der Waals surface area contributed by atoms with Crippen LogP contribution in [0.2, 0.25) is 0 Å². The molecule has 4 N–H and O–H groups in total. The molecule has 1 aliphatic rings. The lowest BCUT2D eigenvalue weighted by molar-refractivity contribution is -0.383. The molecule has 1 atom stereocenters. The minimum absolute atomic E-state index is 0. The zero-order valence-electron chi connectivity index (χ0n) is 10.8. The van der Waals surface area contributed by atoms with E-state index in [9.17, 15) is 14.9 Å². The number of anilines is 2. The van der Waals surface area contributed by atoms with E-state index >= 15 is 0 Å². The van der Waals surface area contributed by atoms with E-state index in [-0.39, 0.29) is 35.7 Å². The molecule has 1 fully saturated rings. The Labute approximate surface area is 122 Å². The van der Waals surface area contributed by atoms with Gasteiger partial charge in [-0.1, -0.05) is 6.42 Å². The number of carbonyl (C=O) groups excluding carboxylic acids is 1. The Hall–Kier alpha value is -1.86. The van der Waals surface area contributed by atoms with Crippen molar-refractivity contribution in [1.82, 2.24) is 5.32 Å². The van der Waals surface area contributed by atoms with Crippen LogP contribution < -0.4 is 16.4 Å². The number of nitrogens with one attached hydrogen (secondary N) is 2. The largest absolute Gasteiger partial charge is 0.393 e. The number of nitro groups is 1. The average molecular weight is 301 g/mol. The first-order chi connectivity index (χ1) is 9.08. The lowest BCUT2D eigenvalue weighted by atomic mass is 10.0. The molecule has 0 bridgehead atoms. The van der Waals surface area contributed by atoms with E-state index in [1.807, 2.05) is 0 Å². The fraction of sp³-hybridized carbons (Fsp3) is 0.417. The Kier molecular flexibility index (Phi) is 5.72. The van der Waals surface area contributed by atoms with E-state index in [0.717, 1.165) is 25.8 Å². The first kappa shape index (κ1) is 16.2. The number of amides is 1. The van der Waals surface area contributed by atoms with Gasteiger partial charge in [0.1, 0.15) is 5.69 Å². The van der Waals surface area contributed by atoms with Gasteiger partial charge in [0.15, 0.2) is 0 Å². The number of nitrogens with two attached hydrogens (primary N) is 1. The average Bonchev–Trinajstić information content (AvgIpc) is 2.41. The molecule has 0 aromatic heterocycles. The SMILES string of the molecule is Cl.Nc1ccc(NC(=O)C2CCCCN2)cc1[N+](=O)[O-]. The molecule has 0 spiro atoms. The highest BCUT2D eigenvalue weighted by Crippen LogP contribution is 2.25. The second-order valence-electron chi connectivity index (χ2n) is 4.52. The molecule has 2 rings (SSSR count). The predicted octanol–water partition coefficient (Wildman–Crippen LogP) is 1.68. The van der Waals surface area contributed by atoms with Crippen molar-refractivity contribution in [3.8, 4) is 0 Å². The molecule has 7 nitrogen and oxygen atoms in total. The molecule has 110 valence electrons. The molecule has 20 heavy (non-hydrogen) atoms. The van der Waals surface area contributed by atoms with Crippen LogP contribution in [0.1, 0.15) is 19.3 Å². The van der Waals surface area contributed by atoms with Gasteiger partial charge in [-0.05, 0) is 31.5 Å². The molecule has 1 amide bonds. The van der Waals surface area contributed by atoms with Gasteiger partial charge in [0, 0.05) is 11.8 Å². The highest BCUT2D eigenvalue weighted by Gasteiger charge is 2.21. The maximum atomic E-state index is 12.0. The molecule has 1 aliphatic heterocycles. The van der Waals surface area contributed by atoms with Crippen LogP contribution in [0.15, 0.2) is 18.2 Å². The maximum Gasteiger partial charge on any atom is 0.294 e. The minimum Gasteiger partial charge on any atom is -0.393 e. The number of nitrogens with zero attached hydrogens (tertiary/aromatic N) is 1. The first-order valence-electron chi connectivity index (χ1n) is 6.16. The van der Waals surface area contributed by atoms with Gasteiger partial charge in [-0.3, -0.25) is 14.9 Å². The van der Waals surface area contributed by atoms with Gasteiger partial charge >= 0.3 is 0 Å². The number of hydrogen-bond acceptors (Lipinski definition) is 5. The van der Waals surface area contributed by atoms with Crippen LogP contribution in [0.3, 0.4) is 0 Å². The molecular weight excluding hydrogens is 284 g/mol. The summed E-state index contributed by atoms with van der Waals surface area (Å²) in [6.07, 6.45) is 2.85. The lowest BCUT2D eigenvalue weighted by Crippen LogP contribution is -2.43. The van der Waals surface area contributed by atoms with Crippen molar-refractivity contribution in [2.45, 2.75) is 25.3 Å². The standard InChI is InChI=1S/C12H16N4O3.ClH/c13-9-5-4-8(7-11(9)16(18)19)15-12(17)10-3-1-2-6-14-10;/h4-5,7,10,14H,1-3,6,13H2,(H,15,17);1H. The molecule has 1 heterocycles. The first-order valence-corrected chi connectivity index (χ1v) is 6.16. The van der Waals surface area contributed by atoms with Crippen molar-refractivity contribution in [2.75, 3.05) is 17.6 Å². The smallest absolute Gasteiger partial charge is 0.294 e. The van der Waals surface area contributed by atoms with Crippen LogP contribution in [0.25, 0.3) is 0 Å². The number of nitro benzene ring substituents is 1. The molecule has 1 aromatic carbocycles. The summed E-state index contributed by atoms with van der Waals surface area (Å²) in [6, 6.07) is 4.02. The zero-order valence-corrected chi connectivity index (χ0v) is 11.6. The van der Waals surface area contributed by atoms with Crippen LogP contribution in [0.5, 0.6) is 0 Å². The van der Waals surface area contributed by atoms with Gasteiger partial charge in [-0.25, -0.2) is 0 Å². The van der Waals surface area contributed by atoms with Crippen LogP contribution in [-0.2, 0) is 4.79 Å². The number of piperidine rings is 1. The third kappa shape index (κ3) is 3.82. The second kappa shape index (κ2) is 7.06. The monoisotopic (exact) mass is 300 g/mol. The van der Waals surface area contributed by atoms with Crippen LogP contribution in [0.4, 0.5) is 17.1 Å². The number of rotatable bonds is 3. The maximum absolute atomic E-state index is 12.0.